The Morgan fingerprint density at radius 3 is 2.40 bits per heavy atom. The van der Waals surface area contributed by atoms with E-state index in [1.165, 1.54) is 0 Å². The average Bonchev–Trinajstić information content (AvgIpc) is 2.48. The van der Waals surface area contributed by atoms with Gasteiger partial charge in [0.2, 0.25) is 5.91 Å². The van der Waals surface area contributed by atoms with Gasteiger partial charge < -0.3 is 20.7 Å². The third-order valence-electron chi connectivity index (χ3n) is 3.23. The van der Waals surface area contributed by atoms with Gasteiger partial charge >= 0.3 is 0 Å². The van der Waals surface area contributed by atoms with Crippen LogP contribution < -0.4 is 15.8 Å². The third kappa shape index (κ3) is 3.48. The number of hydrogen-bond acceptors (Lipinski definition) is 4. The maximum Gasteiger partial charge on any atom is 0.263 e. The topological polar surface area (TPSA) is 84.7 Å². The lowest BCUT2D eigenvalue weighted by molar-refractivity contribution is -0.138. The molecule has 1 aliphatic rings. The maximum absolute atomic E-state index is 12.2. The number of nitrogens with one attached hydrogen (secondary N) is 1. The van der Waals surface area contributed by atoms with Crippen molar-refractivity contribution in [1.82, 2.24) is 10.2 Å². The number of benzene rings is 1. The minimum Gasteiger partial charge on any atom is -0.481 e. The lowest BCUT2D eigenvalue weighted by Gasteiger charge is -2.29. The molecular formula is C14H19N3O3. The van der Waals surface area contributed by atoms with Crippen LogP contribution in [-0.2, 0) is 4.79 Å². The Morgan fingerprint density at radius 1 is 1.25 bits per heavy atom. The number of nitrogens with zero attached hydrogens (tertiary/aromatic N) is 1. The second-order valence-electron chi connectivity index (χ2n) is 4.72. The molecule has 1 atom stereocenters. The van der Waals surface area contributed by atoms with Crippen molar-refractivity contribution in [3.8, 4) is 5.75 Å². The van der Waals surface area contributed by atoms with Gasteiger partial charge in [-0.25, -0.2) is 0 Å². The molecule has 1 unspecified atom stereocenters. The summed E-state index contributed by atoms with van der Waals surface area (Å²) >= 11 is 0. The van der Waals surface area contributed by atoms with Crippen LogP contribution in [0.3, 0.4) is 0 Å². The molecule has 108 valence electrons. The van der Waals surface area contributed by atoms with E-state index in [2.05, 4.69) is 5.32 Å². The monoisotopic (exact) mass is 277 g/mol. The Morgan fingerprint density at radius 2 is 1.85 bits per heavy atom. The lowest BCUT2D eigenvalue weighted by atomic mass is 10.2. The minimum atomic E-state index is -0.549. The predicted octanol–water partition coefficient (Wildman–Crippen LogP) is -0.0154. The molecule has 1 fully saturated rings. The van der Waals surface area contributed by atoms with Crippen LogP contribution in [0.25, 0.3) is 0 Å². The second kappa shape index (κ2) is 6.38. The van der Waals surface area contributed by atoms with Crippen molar-refractivity contribution < 1.29 is 14.3 Å². The highest BCUT2D eigenvalue weighted by atomic mass is 16.5. The molecule has 2 rings (SSSR count). The van der Waals surface area contributed by atoms with Crippen molar-refractivity contribution in [3.63, 3.8) is 0 Å². The second-order valence-corrected chi connectivity index (χ2v) is 4.72. The van der Waals surface area contributed by atoms with Gasteiger partial charge in [-0.15, -0.1) is 0 Å². The molecule has 0 radical (unpaired) electrons. The lowest BCUT2D eigenvalue weighted by Crippen LogP contribution is -2.50. The molecule has 1 aliphatic heterocycles. The summed E-state index contributed by atoms with van der Waals surface area (Å²) in [6, 6.07) is 6.45. The highest BCUT2D eigenvalue weighted by molar-refractivity contribution is 5.92. The number of piperazine rings is 1. The molecule has 1 aromatic rings. The van der Waals surface area contributed by atoms with Crippen LogP contribution in [0.1, 0.15) is 17.3 Å². The van der Waals surface area contributed by atoms with E-state index in [4.69, 9.17) is 10.5 Å². The highest BCUT2D eigenvalue weighted by Crippen LogP contribution is 2.14. The number of hydrogen-bond donors (Lipinski definition) is 2. The van der Waals surface area contributed by atoms with E-state index in [1.54, 1.807) is 36.1 Å². The first-order valence-electron chi connectivity index (χ1n) is 6.64. The predicted molar refractivity (Wildman–Crippen MR) is 74.5 cm³/mol. The summed E-state index contributed by atoms with van der Waals surface area (Å²) in [5, 5.41) is 3.20. The Hall–Kier alpha value is -2.08. The molecule has 0 aliphatic carbocycles. The standard InChI is InChI=1S/C14H19N3O3/c1-10(14(19)17-8-6-16-7-9-17)20-12-4-2-11(3-5-12)13(15)18/h2-5,10,16H,6-9H2,1H3,(H2,15,18). The van der Waals surface area contributed by atoms with E-state index in [-0.39, 0.29) is 5.91 Å². The Kier molecular flexibility index (Phi) is 4.57. The summed E-state index contributed by atoms with van der Waals surface area (Å²) in [5.41, 5.74) is 5.58. The quantitative estimate of drug-likeness (QED) is 0.810. The highest BCUT2D eigenvalue weighted by Gasteiger charge is 2.23. The number of ether oxygens (including phenoxy) is 1. The van der Waals surface area contributed by atoms with Crippen molar-refractivity contribution in [3.05, 3.63) is 29.8 Å². The molecule has 0 aromatic heterocycles. The Balaban J connectivity index is 1.94. The van der Waals surface area contributed by atoms with E-state index in [0.717, 1.165) is 13.1 Å². The molecule has 6 heteroatoms. The Labute approximate surface area is 117 Å². The van der Waals surface area contributed by atoms with Gasteiger partial charge in [-0.2, -0.15) is 0 Å². The maximum atomic E-state index is 12.2. The fourth-order valence-corrected chi connectivity index (χ4v) is 2.09. The van der Waals surface area contributed by atoms with Crippen LogP contribution in [0.15, 0.2) is 24.3 Å². The fraction of sp³-hybridized carbons (Fsp3) is 0.429. The summed E-state index contributed by atoms with van der Waals surface area (Å²) in [5.74, 6) is 0.0398. The molecule has 20 heavy (non-hydrogen) atoms. The van der Waals surface area contributed by atoms with E-state index in [9.17, 15) is 9.59 Å². The van der Waals surface area contributed by atoms with Crippen molar-refractivity contribution in [2.45, 2.75) is 13.0 Å². The van der Waals surface area contributed by atoms with Gasteiger partial charge in [0.15, 0.2) is 6.10 Å². The van der Waals surface area contributed by atoms with Gasteiger partial charge in [-0.1, -0.05) is 0 Å². The summed E-state index contributed by atoms with van der Waals surface area (Å²) in [6.45, 7) is 4.75. The summed E-state index contributed by atoms with van der Waals surface area (Å²) < 4.78 is 5.60. The number of rotatable bonds is 4. The molecule has 0 spiro atoms. The first-order chi connectivity index (χ1) is 9.58. The average molecular weight is 277 g/mol. The number of carbonyl (C=O) groups excluding carboxylic acids is 2. The van der Waals surface area contributed by atoms with Gasteiger partial charge in [-0.05, 0) is 31.2 Å². The first-order valence-corrected chi connectivity index (χ1v) is 6.64. The van der Waals surface area contributed by atoms with Gasteiger partial charge in [0.1, 0.15) is 5.75 Å². The van der Waals surface area contributed by atoms with Crippen molar-refractivity contribution >= 4 is 11.8 Å². The Bertz CT molecular complexity index is 481. The van der Waals surface area contributed by atoms with Gasteiger partial charge in [0, 0.05) is 31.7 Å². The van der Waals surface area contributed by atoms with Crippen LogP contribution in [0.5, 0.6) is 5.75 Å². The number of carbonyl (C=O) groups is 2. The molecule has 3 N–H and O–H groups in total. The van der Waals surface area contributed by atoms with Crippen molar-refractivity contribution in [1.29, 1.82) is 0 Å². The van der Waals surface area contributed by atoms with Crippen LogP contribution >= 0.6 is 0 Å². The normalized spacial score (nSPS) is 16.6. The van der Waals surface area contributed by atoms with E-state index >= 15 is 0 Å². The largest absolute Gasteiger partial charge is 0.481 e. The summed E-state index contributed by atoms with van der Waals surface area (Å²) in [7, 11) is 0. The minimum absolute atomic E-state index is 0.0227. The van der Waals surface area contributed by atoms with Crippen molar-refractivity contribution in [2.75, 3.05) is 26.2 Å². The van der Waals surface area contributed by atoms with Gasteiger partial charge in [0.05, 0.1) is 0 Å². The van der Waals surface area contributed by atoms with Crippen molar-refractivity contribution in [2.24, 2.45) is 5.73 Å². The van der Waals surface area contributed by atoms with Gasteiger partial charge in [0.25, 0.3) is 5.91 Å². The van der Waals surface area contributed by atoms with E-state index in [0.29, 0.717) is 24.4 Å². The zero-order valence-corrected chi connectivity index (χ0v) is 11.5. The molecule has 1 heterocycles. The fourth-order valence-electron chi connectivity index (χ4n) is 2.09. The van der Waals surface area contributed by atoms with Crippen LogP contribution in [-0.4, -0.2) is 49.0 Å². The zero-order chi connectivity index (χ0) is 14.5. The summed E-state index contributed by atoms with van der Waals surface area (Å²) in [4.78, 5) is 24.9. The number of amides is 2. The molecular weight excluding hydrogens is 258 g/mol. The molecule has 1 aromatic carbocycles. The van der Waals surface area contributed by atoms with Crippen LogP contribution in [0.4, 0.5) is 0 Å². The SMILES string of the molecule is CC(Oc1ccc(C(N)=O)cc1)C(=O)N1CCNCC1. The molecule has 0 bridgehead atoms. The molecule has 0 saturated carbocycles. The van der Waals surface area contributed by atoms with Crippen LogP contribution in [0, 0.1) is 0 Å². The number of nitrogens with two attached hydrogens (primary N) is 1. The zero-order valence-electron chi connectivity index (χ0n) is 11.5. The molecule has 1 saturated heterocycles. The van der Waals surface area contributed by atoms with E-state index in [1.807, 2.05) is 0 Å². The summed E-state index contributed by atoms with van der Waals surface area (Å²) in [6.07, 6.45) is -0.549. The smallest absolute Gasteiger partial charge is 0.263 e. The van der Waals surface area contributed by atoms with Crippen LogP contribution in [0.2, 0.25) is 0 Å². The van der Waals surface area contributed by atoms with Gasteiger partial charge in [-0.3, -0.25) is 9.59 Å². The van der Waals surface area contributed by atoms with E-state index < -0.39 is 12.0 Å². The third-order valence-corrected chi connectivity index (χ3v) is 3.23. The molecule has 2 amide bonds. The number of primary amides is 1. The molecule has 6 nitrogen and oxygen atoms in total. The first kappa shape index (κ1) is 14.3.